The van der Waals surface area contributed by atoms with Crippen LogP contribution in [0.1, 0.15) is 66.6 Å². The van der Waals surface area contributed by atoms with Crippen molar-refractivity contribution >= 4 is 36.0 Å². The number of aromatic nitrogens is 3. The summed E-state index contributed by atoms with van der Waals surface area (Å²) in [5.74, 6) is 1.70. The number of carbonyl (C=O) groups excluding carboxylic acids is 1. The number of aliphatic imine (C=N–C) groups is 1. The highest BCUT2D eigenvalue weighted by molar-refractivity contribution is 14.0. The molecular formula is C20H40IN7O2. The predicted molar refractivity (Wildman–Crippen MR) is 131 cm³/mol. The molecule has 0 aromatic carbocycles. The summed E-state index contributed by atoms with van der Waals surface area (Å²) in [5, 5.41) is 17.6. The Bertz CT molecular complexity index is 629. The maximum atomic E-state index is 12.0. The lowest BCUT2D eigenvalue weighted by molar-refractivity contribution is 0.0522. The van der Waals surface area contributed by atoms with E-state index in [4.69, 9.17) is 4.74 Å². The lowest BCUT2D eigenvalue weighted by atomic mass is 10.1. The Morgan fingerprint density at radius 3 is 2.60 bits per heavy atom. The number of hydrogen-bond acceptors (Lipinski definition) is 5. The van der Waals surface area contributed by atoms with Gasteiger partial charge in [-0.3, -0.25) is 4.99 Å². The normalized spacial score (nSPS) is 12.7. The molecule has 1 rings (SSSR count). The minimum atomic E-state index is -0.508. The first-order valence-corrected chi connectivity index (χ1v) is 10.7. The maximum Gasteiger partial charge on any atom is 0.407 e. The summed E-state index contributed by atoms with van der Waals surface area (Å²) in [6, 6.07) is 0.0707. The van der Waals surface area contributed by atoms with Crippen LogP contribution in [0, 0.1) is 0 Å². The molecule has 0 saturated carbocycles. The zero-order valence-electron chi connectivity index (χ0n) is 19.3. The van der Waals surface area contributed by atoms with Crippen molar-refractivity contribution in [1.82, 2.24) is 30.7 Å². The number of nitrogens with zero attached hydrogens (tertiary/aromatic N) is 4. The highest BCUT2D eigenvalue weighted by Crippen LogP contribution is 2.07. The smallest absolute Gasteiger partial charge is 0.407 e. The van der Waals surface area contributed by atoms with Crippen LogP contribution in [0.25, 0.3) is 0 Å². The molecule has 30 heavy (non-hydrogen) atoms. The van der Waals surface area contributed by atoms with Gasteiger partial charge in [-0.2, -0.15) is 0 Å². The fraction of sp³-hybridized carbons (Fsp3) is 0.800. The van der Waals surface area contributed by atoms with Gasteiger partial charge in [-0.25, -0.2) is 4.79 Å². The van der Waals surface area contributed by atoms with Gasteiger partial charge in [0.15, 0.2) is 5.96 Å². The molecule has 0 aliphatic carbocycles. The summed E-state index contributed by atoms with van der Waals surface area (Å²) in [4.78, 5) is 16.7. The summed E-state index contributed by atoms with van der Waals surface area (Å²) in [7, 11) is 0. The van der Waals surface area contributed by atoms with Crippen molar-refractivity contribution in [2.45, 2.75) is 85.4 Å². The number of aryl methyl sites for hydroxylation is 1. The largest absolute Gasteiger partial charge is 0.444 e. The highest BCUT2D eigenvalue weighted by Gasteiger charge is 2.18. The molecule has 0 aliphatic rings. The van der Waals surface area contributed by atoms with E-state index in [2.05, 4.69) is 45.0 Å². The first-order chi connectivity index (χ1) is 13.8. The van der Waals surface area contributed by atoms with E-state index in [1.165, 1.54) is 0 Å². The van der Waals surface area contributed by atoms with Crippen molar-refractivity contribution in [3.63, 3.8) is 0 Å². The predicted octanol–water partition coefficient (Wildman–Crippen LogP) is 3.10. The van der Waals surface area contributed by atoms with Crippen LogP contribution in [-0.2, 0) is 17.7 Å². The van der Waals surface area contributed by atoms with Gasteiger partial charge in [0.1, 0.15) is 17.8 Å². The molecule has 0 spiro atoms. The molecule has 1 amide bonds. The number of halogens is 1. The number of alkyl carbamates (subject to hydrolysis) is 1. The molecule has 1 atom stereocenters. The van der Waals surface area contributed by atoms with Gasteiger partial charge in [0.05, 0.1) is 6.54 Å². The van der Waals surface area contributed by atoms with E-state index >= 15 is 0 Å². The SMILES string of the molecule is CCCCC(CNC(=O)OC(C)(C)C)NC(=NCCn1cnnc1CC)NCC.I. The minimum absolute atomic E-state index is 0. The zero-order valence-corrected chi connectivity index (χ0v) is 21.7. The molecule has 0 bridgehead atoms. The monoisotopic (exact) mass is 537 g/mol. The maximum absolute atomic E-state index is 12.0. The third kappa shape index (κ3) is 12.2. The van der Waals surface area contributed by atoms with Gasteiger partial charge in [-0.05, 0) is 34.1 Å². The van der Waals surface area contributed by atoms with Gasteiger partial charge in [-0.15, -0.1) is 34.2 Å². The second-order valence-corrected chi connectivity index (χ2v) is 7.92. The summed E-state index contributed by atoms with van der Waals surface area (Å²) in [5.41, 5.74) is -0.508. The number of ether oxygens (including phenoxy) is 1. The number of rotatable bonds is 11. The molecule has 1 heterocycles. The molecule has 1 unspecified atom stereocenters. The van der Waals surface area contributed by atoms with E-state index in [-0.39, 0.29) is 30.0 Å². The molecule has 3 N–H and O–H groups in total. The van der Waals surface area contributed by atoms with E-state index in [1.54, 1.807) is 6.33 Å². The molecule has 9 nitrogen and oxygen atoms in total. The number of carbonyl (C=O) groups is 1. The molecule has 0 aliphatic heterocycles. The van der Waals surface area contributed by atoms with Gasteiger partial charge in [-0.1, -0.05) is 26.7 Å². The standard InChI is InChI=1S/C20H39N7O2.HI/c1-7-10-11-16(14-23-19(28)29-20(4,5)6)25-18(21-9-3)22-12-13-27-15-24-26-17(27)8-2;/h15-16H,7-14H2,1-6H3,(H,23,28)(H2,21,22,25);1H. The van der Waals surface area contributed by atoms with E-state index in [0.29, 0.717) is 13.1 Å². The molecule has 0 saturated heterocycles. The summed E-state index contributed by atoms with van der Waals surface area (Å²) >= 11 is 0. The second-order valence-electron chi connectivity index (χ2n) is 7.92. The van der Waals surface area contributed by atoms with E-state index in [9.17, 15) is 4.79 Å². The summed E-state index contributed by atoms with van der Waals surface area (Å²) in [6.45, 7) is 14.4. The third-order valence-corrected chi connectivity index (χ3v) is 4.11. The van der Waals surface area contributed by atoms with Crippen molar-refractivity contribution < 1.29 is 9.53 Å². The van der Waals surface area contributed by atoms with Gasteiger partial charge in [0, 0.05) is 32.1 Å². The molecular weight excluding hydrogens is 497 g/mol. The summed E-state index contributed by atoms with van der Waals surface area (Å²) < 4.78 is 7.35. The average molecular weight is 537 g/mol. The first-order valence-electron chi connectivity index (χ1n) is 10.7. The van der Waals surface area contributed by atoms with E-state index in [0.717, 1.165) is 50.6 Å². The number of amides is 1. The van der Waals surface area contributed by atoms with Crippen molar-refractivity contribution in [2.24, 2.45) is 4.99 Å². The molecule has 174 valence electrons. The van der Waals surface area contributed by atoms with Gasteiger partial charge < -0.3 is 25.3 Å². The molecule has 1 aromatic rings. The Labute approximate surface area is 198 Å². The van der Waals surface area contributed by atoms with Crippen molar-refractivity contribution in [2.75, 3.05) is 19.6 Å². The van der Waals surface area contributed by atoms with Crippen LogP contribution in [0.3, 0.4) is 0 Å². The number of hydrogen-bond donors (Lipinski definition) is 3. The zero-order chi connectivity index (χ0) is 21.7. The molecule has 0 fully saturated rings. The lowest BCUT2D eigenvalue weighted by Gasteiger charge is -2.24. The van der Waals surface area contributed by atoms with Crippen LogP contribution in [-0.4, -0.2) is 58.1 Å². The summed E-state index contributed by atoms with van der Waals surface area (Å²) in [6.07, 6.45) is 5.27. The molecule has 10 heteroatoms. The van der Waals surface area contributed by atoms with Crippen LogP contribution < -0.4 is 16.0 Å². The van der Waals surface area contributed by atoms with E-state index < -0.39 is 11.7 Å². The fourth-order valence-corrected chi connectivity index (χ4v) is 2.72. The Hall–Kier alpha value is -1.59. The Morgan fingerprint density at radius 2 is 2.00 bits per heavy atom. The molecule has 0 radical (unpaired) electrons. The highest BCUT2D eigenvalue weighted by atomic mass is 127. The van der Waals surface area contributed by atoms with Crippen LogP contribution in [0.4, 0.5) is 4.79 Å². The van der Waals surface area contributed by atoms with Crippen LogP contribution in [0.2, 0.25) is 0 Å². The minimum Gasteiger partial charge on any atom is -0.444 e. The van der Waals surface area contributed by atoms with E-state index in [1.807, 2.05) is 32.3 Å². The van der Waals surface area contributed by atoms with Crippen molar-refractivity contribution in [1.29, 1.82) is 0 Å². The Kier molecular flexibility index (Phi) is 14.4. The van der Waals surface area contributed by atoms with Crippen LogP contribution in [0.15, 0.2) is 11.3 Å². The Morgan fingerprint density at radius 1 is 1.27 bits per heavy atom. The van der Waals surface area contributed by atoms with Crippen LogP contribution in [0.5, 0.6) is 0 Å². The van der Waals surface area contributed by atoms with Gasteiger partial charge in [0.2, 0.25) is 0 Å². The quantitative estimate of drug-likeness (QED) is 0.228. The average Bonchev–Trinajstić information content (AvgIpc) is 3.10. The number of unbranched alkanes of at least 4 members (excludes halogenated alkanes) is 1. The van der Waals surface area contributed by atoms with Gasteiger partial charge in [0.25, 0.3) is 0 Å². The Balaban J connectivity index is 0.00000841. The van der Waals surface area contributed by atoms with Crippen molar-refractivity contribution in [3.05, 3.63) is 12.2 Å². The third-order valence-electron chi connectivity index (χ3n) is 4.11. The van der Waals surface area contributed by atoms with Crippen molar-refractivity contribution in [3.8, 4) is 0 Å². The topological polar surface area (TPSA) is 105 Å². The molecule has 1 aromatic heterocycles. The van der Waals surface area contributed by atoms with Gasteiger partial charge >= 0.3 is 6.09 Å². The first kappa shape index (κ1) is 28.4. The second kappa shape index (κ2) is 15.2. The fourth-order valence-electron chi connectivity index (χ4n) is 2.72. The lowest BCUT2D eigenvalue weighted by Crippen LogP contribution is -2.49. The van der Waals surface area contributed by atoms with Crippen LogP contribution >= 0.6 is 24.0 Å². The number of nitrogens with one attached hydrogen (secondary N) is 3. The number of guanidine groups is 1.